The molecule has 0 aliphatic rings. The number of imidazole rings is 1. The Morgan fingerprint density at radius 2 is 2.00 bits per heavy atom. The van der Waals surface area contributed by atoms with Crippen LogP contribution >= 0.6 is 15.9 Å². The van der Waals surface area contributed by atoms with Gasteiger partial charge in [0.05, 0.1) is 5.69 Å². The molecule has 5 nitrogen and oxygen atoms in total. The third-order valence-corrected chi connectivity index (χ3v) is 4.20. The highest BCUT2D eigenvalue weighted by molar-refractivity contribution is 9.10. The van der Waals surface area contributed by atoms with E-state index < -0.39 is 0 Å². The first-order chi connectivity index (χ1) is 9.58. The second-order valence-electron chi connectivity index (χ2n) is 4.73. The van der Waals surface area contributed by atoms with E-state index in [1.54, 1.807) is 4.52 Å². The standard InChI is InChI=1S/C14H15BrN4O/c1-9-6-4-5-7-11(9)20-8-12-17-19-13(15)10(2)16-14(19)18(12)3/h4-7H,8H2,1-3H3. The molecule has 1 aromatic carbocycles. The van der Waals surface area contributed by atoms with Crippen LogP contribution in [-0.4, -0.2) is 19.2 Å². The molecule has 6 heteroatoms. The van der Waals surface area contributed by atoms with E-state index >= 15 is 0 Å². The zero-order chi connectivity index (χ0) is 14.3. The number of halogens is 1. The molecule has 3 rings (SSSR count). The molecule has 0 amide bonds. The molecule has 3 aromatic rings. The summed E-state index contributed by atoms with van der Waals surface area (Å²) in [5.74, 6) is 2.51. The molecule has 0 fully saturated rings. The summed E-state index contributed by atoms with van der Waals surface area (Å²) < 4.78 is 10.4. The van der Waals surface area contributed by atoms with Crippen LogP contribution in [-0.2, 0) is 13.7 Å². The quantitative estimate of drug-likeness (QED) is 0.739. The fraction of sp³-hybridized carbons (Fsp3) is 0.286. The first-order valence-electron chi connectivity index (χ1n) is 6.33. The van der Waals surface area contributed by atoms with Gasteiger partial charge in [0.25, 0.3) is 0 Å². The molecule has 0 N–H and O–H groups in total. The van der Waals surface area contributed by atoms with Crippen molar-refractivity contribution in [3.63, 3.8) is 0 Å². The zero-order valence-electron chi connectivity index (χ0n) is 11.6. The monoisotopic (exact) mass is 334 g/mol. The molecule has 0 bridgehead atoms. The van der Waals surface area contributed by atoms with E-state index in [2.05, 4.69) is 26.0 Å². The van der Waals surface area contributed by atoms with Gasteiger partial charge in [-0.05, 0) is 41.4 Å². The number of hydrogen-bond acceptors (Lipinski definition) is 3. The second-order valence-corrected chi connectivity index (χ2v) is 5.48. The van der Waals surface area contributed by atoms with E-state index in [1.807, 2.05) is 49.7 Å². The maximum Gasteiger partial charge on any atom is 0.233 e. The summed E-state index contributed by atoms with van der Waals surface area (Å²) >= 11 is 3.49. The van der Waals surface area contributed by atoms with Gasteiger partial charge in [-0.1, -0.05) is 18.2 Å². The topological polar surface area (TPSA) is 44.4 Å². The molecular weight excluding hydrogens is 320 g/mol. The molecule has 0 saturated heterocycles. The SMILES string of the molecule is Cc1ccccc1OCc1nn2c(Br)c(C)nc2n1C. The summed E-state index contributed by atoms with van der Waals surface area (Å²) in [4.78, 5) is 4.47. The van der Waals surface area contributed by atoms with Crippen LogP contribution in [0.5, 0.6) is 5.75 Å². The Labute approximate surface area is 125 Å². The van der Waals surface area contributed by atoms with Crippen LogP contribution in [0.15, 0.2) is 28.9 Å². The lowest BCUT2D eigenvalue weighted by molar-refractivity contribution is 0.289. The number of hydrogen-bond donors (Lipinski definition) is 0. The van der Waals surface area contributed by atoms with Crippen molar-refractivity contribution in [1.82, 2.24) is 19.2 Å². The number of nitrogens with zero attached hydrogens (tertiary/aromatic N) is 4. The van der Waals surface area contributed by atoms with Crippen molar-refractivity contribution in [2.24, 2.45) is 7.05 Å². The highest BCUT2D eigenvalue weighted by Gasteiger charge is 2.15. The maximum atomic E-state index is 5.83. The molecule has 0 radical (unpaired) electrons. The van der Waals surface area contributed by atoms with Gasteiger partial charge in [0.1, 0.15) is 17.0 Å². The normalized spacial score (nSPS) is 11.2. The van der Waals surface area contributed by atoms with Gasteiger partial charge in [0, 0.05) is 7.05 Å². The average Bonchev–Trinajstić information content (AvgIpc) is 2.88. The van der Waals surface area contributed by atoms with Crippen LogP contribution in [0.2, 0.25) is 0 Å². The van der Waals surface area contributed by atoms with Crippen LogP contribution in [0.3, 0.4) is 0 Å². The van der Waals surface area contributed by atoms with E-state index in [4.69, 9.17) is 4.74 Å². The molecule has 104 valence electrons. The van der Waals surface area contributed by atoms with Gasteiger partial charge >= 0.3 is 0 Å². The van der Waals surface area contributed by atoms with E-state index in [1.165, 1.54) is 0 Å². The van der Waals surface area contributed by atoms with Gasteiger partial charge in [0.2, 0.25) is 5.78 Å². The predicted molar refractivity (Wildman–Crippen MR) is 79.9 cm³/mol. The summed E-state index contributed by atoms with van der Waals surface area (Å²) in [6, 6.07) is 7.95. The zero-order valence-corrected chi connectivity index (χ0v) is 13.2. The van der Waals surface area contributed by atoms with Gasteiger partial charge in [-0.3, -0.25) is 4.57 Å². The smallest absolute Gasteiger partial charge is 0.233 e. The summed E-state index contributed by atoms with van der Waals surface area (Å²) in [5, 5.41) is 4.52. The predicted octanol–water partition coefficient (Wildman–Crippen LogP) is 3.03. The van der Waals surface area contributed by atoms with Crippen molar-refractivity contribution in [2.75, 3.05) is 0 Å². The third-order valence-electron chi connectivity index (χ3n) is 3.29. The van der Waals surface area contributed by atoms with Gasteiger partial charge < -0.3 is 4.74 Å². The first-order valence-corrected chi connectivity index (χ1v) is 7.12. The molecule has 0 spiro atoms. The Morgan fingerprint density at radius 3 is 2.70 bits per heavy atom. The molecule has 0 atom stereocenters. The van der Waals surface area contributed by atoms with Crippen LogP contribution in [0.4, 0.5) is 0 Å². The summed E-state index contributed by atoms with van der Waals surface area (Å²) in [5.41, 5.74) is 2.04. The number of para-hydroxylation sites is 1. The molecule has 2 aromatic heterocycles. The minimum atomic E-state index is 0.413. The van der Waals surface area contributed by atoms with Crippen molar-refractivity contribution in [2.45, 2.75) is 20.5 Å². The van der Waals surface area contributed by atoms with Crippen LogP contribution < -0.4 is 4.74 Å². The van der Waals surface area contributed by atoms with Crippen LogP contribution in [0.25, 0.3) is 5.78 Å². The Bertz CT molecular complexity index is 775. The number of benzene rings is 1. The molecule has 20 heavy (non-hydrogen) atoms. The van der Waals surface area contributed by atoms with Crippen molar-refractivity contribution < 1.29 is 4.74 Å². The molecule has 0 unspecified atom stereocenters. The lowest BCUT2D eigenvalue weighted by atomic mass is 10.2. The minimum Gasteiger partial charge on any atom is -0.485 e. The van der Waals surface area contributed by atoms with Gasteiger partial charge in [-0.25, -0.2) is 4.98 Å². The van der Waals surface area contributed by atoms with Crippen LogP contribution in [0.1, 0.15) is 17.1 Å². The molecule has 2 heterocycles. The van der Waals surface area contributed by atoms with Crippen molar-refractivity contribution in [3.05, 3.63) is 46.0 Å². The summed E-state index contributed by atoms with van der Waals surface area (Å²) in [6.07, 6.45) is 0. The Kier molecular flexibility index (Phi) is 3.25. The Hall–Kier alpha value is -1.82. The molecule has 0 saturated carbocycles. The fourth-order valence-corrected chi connectivity index (χ4v) is 2.40. The van der Waals surface area contributed by atoms with Crippen molar-refractivity contribution in [1.29, 1.82) is 0 Å². The Morgan fingerprint density at radius 1 is 1.25 bits per heavy atom. The first kappa shape index (κ1) is 13.2. The summed E-state index contributed by atoms with van der Waals surface area (Å²) in [6.45, 7) is 4.39. The number of rotatable bonds is 3. The third kappa shape index (κ3) is 2.10. The van der Waals surface area contributed by atoms with Crippen molar-refractivity contribution in [3.8, 4) is 5.75 Å². The van der Waals surface area contributed by atoms with Gasteiger partial charge in [0.15, 0.2) is 5.82 Å². The van der Waals surface area contributed by atoms with E-state index in [0.29, 0.717) is 6.61 Å². The highest BCUT2D eigenvalue weighted by atomic mass is 79.9. The largest absolute Gasteiger partial charge is 0.485 e. The maximum absolute atomic E-state index is 5.83. The van der Waals surface area contributed by atoms with Gasteiger partial charge in [-0.15, -0.1) is 5.10 Å². The van der Waals surface area contributed by atoms with E-state index in [9.17, 15) is 0 Å². The molecule has 0 aliphatic heterocycles. The lowest BCUT2D eigenvalue weighted by Gasteiger charge is -2.07. The number of aromatic nitrogens is 4. The van der Waals surface area contributed by atoms with E-state index in [0.717, 1.165) is 33.2 Å². The number of ether oxygens (including phenoxy) is 1. The lowest BCUT2D eigenvalue weighted by Crippen LogP contribution is -2.04. The summed E-state index contributed by atoms with van der Waals surface area (Å²) in [7, 11) is 1.94. The molecular formula is C14H15BrN4O. The van der Waals surface area contributed by atoms with Crippen LogP contribution in [0, 0.1) is 13.8 Å². The number of fused-ring (bicyclic) bond motifs is 1. The highest BCUT2D eigenvalue weighted by Crippen LogP contribution is 2.20. The van der Waals surface area contributed by atoms with Crippen molar-refractivity contribution >= 4 is 21.7 Å². The average molecular weight is 335 g/mol. The van der Waals surface area contributed by atoms with Gasteiger partial charge in [-0.2, -0.15) is 4.52 Å². The fourth-order valence-electron chi connectivity index (χ4n) is 2.07. The second kappa shape index (κ2) is 4.94. The molecule has 0 aliphatic carbocycles. The number of aryl methyl sites for hydroxylation is 3. The Balaban J connectivity index is 1.88. The van der Waals surface area contributed by atoms with E-state index in [-0.39, 0.29) is 0 Å². The minimum absolute atomic E-state index is 0.413.